The van der Waals surface area contributed by atoms with E-state index in [0.717, 1.165) is 0 Å². The van der Waals surface area contributed by atoms with Crippen LogP contribution in [0.1, 0.15) is 0 Å². The molecule has 0 fully saturated rings. The van der Waals surface area contributed by atoms with Crippen molar-refractivity contribution in [3.8, 4) is 0 Å². The molecule has 0 aliphatic rings. The summed E-state index contributed by atoms with van der Waals surface area (Å²) in [5.41, 5.74) is 0. The summed E-state index contributed by atoms with van der Waals surface area (Å²) in [5.74, 6) is 0. The van der Waals surface area contributed by atoms with E-state index in [-0.39, 0.29) is 6.61 Å². The lowest BCUT2D eigenvalue weighted by Gasteiger charge is -2.07. The van der Waals surface area contributed by atoms with Crippen molar-refractivity contribution in [2.24, 2.45) is 0 Å². The molecule has 0 heterocycles. The van der Waals surface area contributed by atoms with Crippen LogP contribution in [0.25, 0.3) is 0 Å². The second-order valence-electron chi connectivity index (χ2n) is 1.27. The molecule has 0 aromatic heterocycles. The predicted molar refractivity (Wildman–Crippen MR) is 28.1 cm³/mol. The molecule has 0 saturated heterocycles. The van der Waals surface area contributed by atoms with Crippen molar-refractivity contribution >= 4 is 0 Å². The molecule has 0 amide bonds. The SMILES string of the molecule is COC(O)NCCO. The zero-order valence-corrected chi connectivity index (χ0v) is 4.79. The van der Waals surface area contributed by atoms with Gasteiger partial charge in [-0.2, -0.15) is 0 Å². The van der Waals surface area contributed by atoms with Gasteiger partial charge >= 0.3 is 0 Å². The molecule has 1 unspecified atom stereocenters. The van der Waals surface area contributed by atoms with Crippen LogP contribution in [0.4, 0.5) is 0 Å². The van der Waals surface area contributed by atoms with Crippen LogP contribution >= 0.6 is 0 Å². The number of rotatable bonds is 4. The Morgan fingerprint density at radius 2 is 2.38 bits per heavy atom. The van der Waals surface area contributed by atoms with Crippen LogP contribution in [0.15, 0.2) is 0 Å². The highest BCUT2D eigenvalue weighted by atomic mass is 16.6. The third-order valence-corrected chi connectivity index (χ3v) is 0.654. The number of methoxy groups -OCH3 is 1. The molecule has 0 aromatic rings. The molecule has 0 rings (SSSR count). The lowest BCUT2D eigenvalue weighted by atomic mass is 10.7. The fourth-order valence-electron chi connectivity index (χ4n) is 0.271. The van der Waals surface area contributed by atoms with Crippen molar-refractivity contribution in [2.45, 2.75) is 6.41 Å². The lowest BCUT2D eigenvalue weighted by molar-refractivity contribution is -0.0977. The molecule has 0 saturated carbocycles. The van der Waals surface area contributed by atoms with Crippen LogP contribution in [0, 0.1) is 0 Å². The average Bonchev–Trinajstić information content (AvgIpc) is 1.83. The highest BCUT2D eigenvalue weighted by Crippen LogP contribution is 1.72. The number of aliphatic hydroxyl groups is 2. The van der Waals surface area contributed by atoms with E-state index in [4.69, 9.17) is 10.2 Å². The first-order valence-corrected chi connectivity index (χ1v) is 2.36. The summed E-state index contributed by atoms with van der Waals surface area (Å²) in [5, 5.41) is 19.2. The first-order valence-electron chi connectivity index (χ1n) is 2.36. The van der Waals surface area contributed by atoms with E-state index in [1.807, 2.05) is 0 Å². The van der Waals surface area contributed by atoms with Gasteiger partial charge in [-0.3, -0.25) is 5.32 Å². The molecule has 0 aliphatic heterocycles. The Bertz CT molecular complexity index is 50.5. The molecule has 0 aliphatic carbocycles. The van der Waals surface area contributed by atoms with E-state index in [0.29, 0.717) is 6.54 Å². The maximum atomic E-state index is 8.54. The third-order valence-electron chi connectivity index (χ3n) is 0.654. The number of nitrogens with one attached hydrogen (secondary N) is 1. The average molecular weight is 121 g/mol. The number of aliphatic hydroxyl groups excluding tert-OH is 2. The second-order valence-corrected chi connectivity index (χ2v) is 1.27. The van der Waals surface area contributed by atoms with Crippen LogP contribution in [0.5, 0.6) is 0 Å². The zero-order valence-electron chi connectivity index (χ0n) is 4.79. The lowest BCUT2D eigenvalue weighted by Crippen LogP contribution is -2.32. The molecule has 4 heteroatoms. The summed E-state index contributed by atoms with van der Waals surface area (Å²) in [6.45, 7) is 0.343. The summed E-state index contributed by atoms with van der Waals surface area (Å²) in [7, 11) is 1.37. The molecule has 0 aromatic carbocycles. The molecule has 50 valence electrons. The van der Waals surface area contributed by atoms with Crippen LogP contribution in [-0.2, 0) is 4.74 Å². The minimum atomic E-state index is -0.956. The highest BCUT2D eigenvalue weighted by molar-refractivity contribution is 4.37. The van der Waals surface area contributed by atoms with Gasteiger partial charge in [0.25, 0.3) is 0 Å². The van der Waals surface area contributed by atoms with Crippen molar-refractivity contribution in [3.63, 3.8) is 0 Å². The Morgan fingerprint density at radius 1 is 1.75 bits per heavy atom. The van der Waals surface area contributed by atoms with Crippen LogP contribution < -0.4 is 5.32 Å². The van der Waals surface area contributed by atoms with Crippen molar-refractivity contribution in [2.75, 3.05) is 20.3 Å². The summed E-state index contributed by atoms with van der Waals surface area (Å²) in [4.78, 5) is 0. The second kappa shape index (κ2) is 4.99. The summed E-state index contributed by atoms with van der Waals surface area (Å²) in [6, 6.07) is 0. The number of ether oxygens (including phenoxy) is 1. The van der Waals surface area contributed by atoms with E-state index in [2.05, 4.69) is 10.1 Å². The van der Waals surface area contributed by atoms with Gasteiger partial charge in [0.2, 0.25) is 6.41 Å². The normalized spacial score (nSPS) is 13.9. The van der Waals surface area contributed by atoms with Gasteiger partial charge in [-0.1, -0.05) is 0 Å². The van der Waals surface area contributed by atoms with Crippen molar-refractivity contribution in [1.29, 1.82) is 0 Å². The molecule has 0 radical (unpaired) electrons. The Labute approximate surface area is 48.1 Å². The molecule has 8 heavy (non-hydrogen) atoms. The number of hydrogen-bond donors (Lipinski definition) is 3. The van der Waals surface area contributed by atoms with Gasteiger partial charge in [0, 0.05) is 13.7 Å². The van der Waals surface area contributed by atoms with E-state index < -0.39 is 6.41 Å². The fourth-order valence-corrected chi connectivity index (χ4v) is 0.271. The maximum absolute atomic E-state index is 8.54. The standard InChI is InChI=1S/C4H11NO3/c1-8-4(7)5-2-3-6/h4-7H,2-3H2,1H3. The monoisotopic (exact) mass is 121 g/mol. The van der Waals surface area contributed by atoms with Crippen LogP contribution in [-0.4, -0.2) is 36.9 Å². The van der Waals surface area contributed by atoms with E-state index in [1.54, 1.807) is 0 Å². The van der Waals surface area contributed by atoms with Crippen molar-refractivity contribution in [3.05, 3.63) is 0 Å². The molecular weight excluding hydrogens is 110 g/mol. The Balaban J connectivity index is 2.86. The topological polar surface area (TPSA) is 61.7 Å². The van der Waals surface area contributed by atoms with Crippen LogP contribution in [0.2, 0.25) is 0 Å². The molecule has 3 N–H and O–H groups in total. The van der Waals surface area contributed by atoms with Gasteiger partial charge in [0.1, 0.15) is 0 Å². The molecule has 1 atom stereocenters. The Morgan fingerprint density at radius 3 is 2.75 bits per heavy atom. The van der Waals surface area contributed by atoms with Gasteiger partial charge in [-0.25, -0.2) is 0 Å². The van der Waals surface area contributed by atoms with Gasteiger partial charge < -0.3 is 14.9 Å². The highest BCUT2D eigenvalue weighted by Gasteiger charge is 1.94. The summed E-state index contributed by atoms with van der Waals surface area (Å²) < 4.78 is 4.39. The quantitative estimate of drug-likeness (QED) is 0.396. The summed E-state index contributed by atoms with van der Waals surface area (Å²) >= 11 is 0. The predicted octanol–water partition coefficient (Wildman–Crippen LogP) is -1.51. The molecule has 4 nitrogen and oxygen atoms in total. The molecular formula is C4H11NO3. The van der Waals surface area contributed by atoms with Crippen molar-refractivity contribution in [1.82, 2.24) is 5.32 Å². The third kappa shape index (κ3) is 4.01. The van der Waals surface area contributed by atoms with Gasteiger partial charge in [-0.05, 0) is 0 Å². The first kappa shape index (κ1) is 7.84. The van der Waals surface area contributed by atoms with Crippen molar-refractivity contribution < 1.29 is 14.9 Å². The maximum Gasteiger partial charge on any atom is 0.213 e. The van der Waals surface area contributed by atoms with E-state index in [9.17, 15) is 0 Å². The minimum Gasteiger partial charge on any atom is -0.395 e. The van der Waals surface area contributed by atoms with E-state index >= 15 is 0 Å². The Hall–Kier alpha value is -0.160. The zero-order chi connectivity index (χ0) is 6.41. The van der Waals surface area contributed by atoms with Gasteiger partial charge in [0.15, 0.2) is 0 Å². The smallest absolute Gasteiger partial charge is 0.213 e. The van der Waals surface area contributed by atoms with Gasteiger partial charge in [0.05, 0.1) is 6.61 Å². The molecule has 0 bridgehead atoms. The first-order chi connectivity index (χ1) is 3.81. The van der Waals surface area contributed by atoms with Gasteiger partial charge in [-0.15, -0.1) is 0 Å². The van der Waals surface area contributed by atoms with E-state index in [1.165, 1.54) is 7.11 Å². The molecule has 0 spiro atoms. The Kier molecular flexibility index (Phi) is 4.89. The largest absolute Gasteiger partial charge is 0.395 e. The summed E-state index contributed by atoms with van der Waals surface area (Å²) in [6.07, 6.45) is -0.956. The minimum absolute atomic E-state index is 0.000417. The fraction of sp³-hybridized carbons (Fsp3) is 1.00. The van der Waals surface area contributed by atoms with Crippen LogP contribution in [0.3, 0.4) is 0 Å². The number of hydrogen-bond acceptors (Lipinski definition) is 4.